The van der Waals surface area contributed by atoms with E-state index in [9.17, 15) is 4.79 Å². The molecule has 0 radical (unpaired) electrons. The van der Waals surface area contributed by atoms with Crippen molar-refractivity contribution >= 4 is 6.16 Å². The van der Waals surface area contributed by atoms with E-state index in [0.29, 0.717) is 11.7 Å². The van der Waals surface area contributed by atoms with Gasteiger partial charge in [-0.3, -0.25) is 0 Å². The van der Waals surface area contributed by atoms with Crippen molar-refractivity contribution in [2.45, 2.75) is 45.1 Å². The van der Waals surface area contributed by atoms with E-state index in [2.05, 4.69) is 6.92 Å². The van der Waals surface area contributed by atoms with Crippen LogP contribution in [0.5, 0.6) is 5.75 Å². The van der Waals surface area contributed by atoms with Crippen molar-refractivity contribution in [2.24, 2.45) is 5.92 Å². The minimum Gasteiger partial charge on any atom is -0.430 e. The van der Waals surface area contributed by atoms with E-state index in [1.54, 1.807) is 12.1 Å². The summed E-state index contributed by atoms with van der Waals surface area (Å²) < 4.78 is 10.6. The van der Waals surface area contributed by atoms with Crippen LogP contribution < -0.4 is 4.74 Å². The number of carbonyl (C=O) groups is 1. The molecule has 2 unspecified atom stereocenters. The summed E-state index contributed by atoms with van der Waals surface area (Å²) in [6, 6.07) is 9.04. The molecule has 1 aromatic rings. The second-order valence-corrected chi connectivity index (χ2v) is 4.77. The van der Waals surface area contributed by atoms with Gasteiger partial charge < -0.3 is 9.47 Å². The third-order valence-corrected chi connectivity index (χ3v) is 3.56. The summed E-state index contributed by atoms with van der Waals surface area (Å²) in [6.45, 7) is 2.15. The zero-order chi connectivity index (χ0) is 12.8. The fraction of sp³-hybridized carbons (Fsp3) is 0.533. The van der Waals surface area contributed by atoms with Crippen LogP contribution in [0.15, 0.2) is 30.3 Å². The largest absolute Gasteiger partial charge is 0.514 e. The van der Waals surface area contributed by atoms with Crippen LogP contribution in [0, 0.1) is 5.92 Å². The summed E-state index contributed by atoms with van der Waals surface area (Å²) in [6.07, 6.45) is 5.00. The molecule has 1 fully saturated rings. The molecule has 1 aromatic carbocycles. The van der Waals surface area contributed by atoms with Gasteiger partial charge in [0.2, 0.25) is 0 Å². The molecule has 0 saturated heterocycles. The Morgan fingerprint density at radius 3 is 2.67 bits per heavy atom. The molecule has 1 aliphatic rings. The Hall–Kier alpha value is -1.51. The first-order valence-electron chi connectivity index (χ1n) is 6.73. The molecule has 2 rings (SSSR count). The SMILES string of the molecule is CCC1CCCCC1OC(=O)Oc1ccccc1. The van der Waals surface area contributed by atoms with Gasteiger partial charge in [-0.1, -0.05) is 31.5 Å². The average Bonchev–Trinajstić information content (AvgIpc) is 2.40. The molecule has 3 nitrogen and oxygen atoms in total. The topological polar surface area (TPSA) is 35.5 Å². The molecule has 0 heterocycles. The Morgan fingerprint density at radius 2 is 1.94 bits per heavy atom. The summed E-state index contributed by atoms with van der Waals surface area (Å²) in [4.78, 5) is 11.7. The Bertz CT molecular complexity index is 375. The number of benzene rings is 1. The van der Waals surface area contributed by atoms with Gasteiger partial charge in [-0.2, -0.15) is 0 Å². The van der Waals surface area contributed by atoms with Crippen LogP contribution in [-0.2, 0) is 4.74 Å². The lowest BCUT2D eigenvalue weighted by atomic mass is 9.85. The van der Waals surface area contributed by atoms with Crippen LogP contribution in [-0.4, -0.2) is 12.3 Å². The van der Waals surface area contributed by atoms with Crippen molar-refractivity contribution < 1.29 is 14.3 Å². The van der Waals surface area contributed by atoms with Crippen LogP contribution in [0.2, 0.25) is 0 Å². The fourth-order valence-corrected chi connectivity index (χ4v) is 2.53. The predicted octanol–water partition coefficient (Wildman–Crippen LogP) is 4.17. The molecule has 0 amide bonds. The quantitative estimate of drug-likeness (QED) is 0.595. The van der Waals surface area contributed by atoms with Gasteiger partial charge in [0.25, 0.3) is 0 Å². The van der Waals surface area contributed by atoms with Gasteiger partial charge in [-0.15, -0.1) is 0 Å². The van der Waals surface area contributed by atoms with Crippen molar-refractivity contribution in [3.63, 3.8) is 0 Å². The fourth-order valence-electron chi connectivity index (χ4n) is 2.53. The number of ether oxygens (including phenoxy) is 2. The molecule has 1 aliphatic carbocycles. The molecule has 0 bridgehead atoms. The first kappa shape index (κ1) is 12.9. The van der Waals surface area contributed by atoms with Crippen LogP contribution >= 0.6 is 0 Å². The second kappa shape index (κ2) is 6.43. The van der Waals surface area contributed by atoms with Crippen LogP contribution in [0.4, 0.5) is 4.79 Å². The highest BCUT2D eigenvalue weighted by Crippen LogP contribution is 2.29. The molecular formula is C15H20O3. The minimum absolute atomic E-state index is 0.0277. The predicted molar refractivity (Wildman–Crippen MR) is 69.6 cm³/mol. The first-order chi connectivity index (χ1) is 8.79. The molecule has 1 saturated carbocycles. The zero-order valence-corrected chi connectivity index (χ0v) is 10.8. The number of hydrogen-bond acceptors (Lipinski definition) is 3. The van der Waals surface area contributed by atoms with Gasteiger partial charge in [0, 0.05) is 0 Å². The first-order valence-corrected chi connectivity index (χ1v) is 6.73. The Kier molecular flexibility index (Phi) is 4.62. The maximum Gasteiger partial charge on any atom is 0.514 e. The van der Waals surface area contributed by atoms with E-state index in [1.807, 2.05) is 18.2 Å². The van der Waals surface area contributed by atoms with Crippen molar-refractivity contribution in [2.75, 3.05) is 0 Å². The number of hydrogen-bond donors (Lipinski definition) is 0. The normalized spacial score (nSPS) is 23.4. The molecule has 18 heavy (non-hydrogen) atoms. The van der Waals surface area contributed by atoms with Gasteiger partial charge in [0.1, 0.15) is 11.9 Å². The molecule has 2 atom stereocenters. The maximum atomic E-state index is 11.7. The standard InChI is InChI=1S/C15H20O3/c1-2-12-8-6-7-11-14(12)18-15(16)17-13-9-4-3-5-10-13/h3-5,9-10,12,14H,2,6-8,11H2,1H3. The molecule has 0 N–H and O–H groups in total. The van der Waals surface area contributed by atoms with E-state index in [4.69, 9.17) is 9.47 Å². The van der Waals surface area contributed by atoms with Gasteiger partial charge in [0.05, 0.1) is 0 Å². The van der Waals surface area contributed by atoms with Gasteiger partial charge in [-0.05, 0) is 43.7 Å². The number of carbonyl (C=O) groups excluding carboxylic acids is 1. The second-order valence-electron chi connectivity index (χ2n) is 4.77. The number of rotatable bonds is 3. The lowest BCUT2D eigenvalue weighted by Crippen LogP contribution is -2.30. The minimum atomic E-state index is -0.577. The van der Waals surface area contributed by atoms with Crippen molar-refractivity contribution in [1.82, 2.24) is 0 Å². The third kappa shape index (κ3) is 3.49. The molecule has 0 aliphatic heterocycles. The monoisotopic (exact) mass is 248 g/mol. The Morgan fingerprint density at radius 1 is 1.22 bits per heavy atom. The average molecular weight is 248 g/mol. The maximum absolute atomic E-state index is 11.7. The van der Waals surface area contributed by atoms with Crippen LogP contribution in [0.25, 0.3) is 0 Å². The van der Waals surface area contributed by atoms with E-state index in [-0.39, 0.29) is 6.10 Å². The summed E-state index contributed by atoms with van der Waals surface area (Å²) >= 11 is 0. The van der Waals surface area contributed by atoms with Crippen molar-refractivity contribution in [1.29, 1.82) is 0 Å². The van der Waals surface area contributed by atoms with Crippen molar-refractivity contribution in [3.8, 4) is 5.75 Å². The van der Waals surface area contributed by atoms with Gasteiger partial charge in [-0.25, -0.2) is 4.79 Å². The van der Waals surface area contributed by atoms with E-state index >= 15 is 0 Å². The Balaban J connectivity index is 1.86. The van der Waals surface area contributed by atoms with Crippen LogP contribution in [0.1, 0.15) is 39.0 Å². The van der Waals surface area contributed by atoms with Gasteiger partial charge >= 0.3 is 6.16 Å². The highest BCUT2D eigenvalue weighted by molar-refractivity contribution is 5.63. The Labute approximate surface area is 108 Å². The lowest BCUT2D eigenvalue weighted by molar-refractivity contribution is 0.0103. The highest BCUT2D eigenvalue weighted by Gasteiger charge is 2.27. The van der Waals surface area contributed by atoms with E-state index in [1.165, 1.54) is 6.42 Å². The third-order valence-electron chi connectivity index (χ3n) is 3.56. The summed E-state index contributed by atoms with van der Waals surface area (Å²) in [5, 5.41) is 0. The summed E-state index contributed by atoms with van der Waals surface area (Å²) in [5.74, 6) is 1.02. The molecule has 0 aromatic heterocycles. The molecule has 3 heteroatoms. The molecule has 98 valence electrons. The highest BCUT2D eigenvalue weighted by atomic mass is 16.7. The zero-order valence-electron chi connectivity index (χ0n) is 10.8. The lowest BCUT2D eigenvalue weighted by Gasteiger charge is -2.29. The molecule has 0 spiro atoms. The number of para-hydroxylation sites is 1. The smallest absolute Gasteiger partial charge is 0.430 e. The van der Waals surface area contributed by atoms with E-state index in [0.717, 1.165) is 25.7 Å². The van der Waals surface area contributed by atoms with Crippen molar-refractivity contribution in [3.05, 3.63) is 30.3 Å². The summed E-state index contributed by atoms with van der Waals surface area (Å²) in [5.41, 5.74) is 0. The van der Waals surface area contributed by atoms with Gasteiger partial charge in [0.15, 0.2) is 0 Å². The molecular weight excluding hydrogens is 228 g/mol. The summed E-state index contributed by atoms with van der Waals surface area (Å²) in [7, 11) is 0. The van der Waals surface area contributed by atoms with E-state index < -0.39 is 6.16 Å². The van der Waals surface area contributed by atoms with Crippen LogP contribution in [0.3, 0.4) is 0 Å².